The summed E-state index contributed by atoms with van der Waals surface area (Å²) in [5, 5.41) is 19.3. The fraction of sp³-hybridized carbons (Fsp3) is 0.667. The summed E-state index contributed by atoms with van der Waals surface area (Å²) >= 11 is 1.73. The third-order valence-electron chi connectivity index (χ3n) is 2.50. The van der Waals surface area contributed by atoms with Crippen LogP contribution in [0.5, 0.6) is 0 Å². The smallest absolute Gasteiger partial charge is 0.0847 e. The number of hydrogen-bond donors (Lipinski definition) is 2. The zero-order valence-corrected chi connectivity index (χ0v) is 10.3. The van der Waals surface area contributed by atoms with Gasteiger partial charge in [-0.15, -0.1) is 11.3 Å². The standard InChI is InChI=1S/C12H20O2S/c1-3-5-11(13)12(14)8-10-7-6-9(4-2)15-10/h6-7,11-14H,3-5,8H2,1-2H3. The van der Waals surface area contributed by atoms with Gasteiger partial charge in [-0.1, -0.05) is 20.3 Å². The second-order valence-corrected chi connectivity index (χ2v) is 5.10. The topological polar surface area (TPSA) is 40.5 Å². The second-order valence-electron chi connectivity index (χ2n) is 3.85. The SMILES string of the molecule is CCCC(O)C(O)Cc1ccc(CC)s1. The first-order valence-electron chi connectivity index (χ1n) is 5.61. The highest BCUT2D eigenvalue weighted by molar-refractivity contribution is 7.11. The number of aliphatic hydroxyl groups is 2. The molecule has 0 aliphatic carbocycles. The van der Waals surface area contributed by atoms with Gasteiger partial charge in [-0.05, 0) is 25.0 Å². The lowest BCUT2D eigenvalue weighted by Gasteiger charge is -2.15. The molecule has 1 heterocycles. The maximum Gasteiger partial charge on any atom is 0.0847 e. The molecule has 2 N–H and O–H groups in total. The molecule has 0 saturated heterocycles. The maximum absolute atomic E-state index is 9.74. The monoisotopic (exact) mass is 228 g/mol. The fourth-order valence-electron chi connectivity index (χ4n) is 1.55. The van der Waals surface area contributed by atoms with E-state index in [9.17, 15) is 10.2 Å². The molecule has 2 unspecified atom stereocenters. The van der Waals surface area contributed by atoms with Crippen LogP contribution in [0.1, 0.15) is 36.4 Å². The van der Waals surface area contributed by atoms with E-state index < -0.39 is 12.2 Å². The molecule has 0 amide bonds. The Hall–Kier alpha value is -0.380. The van der Waals surface area contributed by atoms with Crippen LogP contribution in [0, 0.1) is 0 Å². The van der Waals surface area contributed by atoms with E-state index in [4.69, 9.17) is 0 Å². The van der Waals surface area contributed by atoms with Crippen molar-refractivity contribution < 1.29 is 10.2 Å². The third-order valence-corrected chi connectivity index (χ3v) is 3.76. The van der Waals surface area contributed by atoms with E-state index in [0.29, 0.717) is 12.8 Å². The zero-order chi connectivity index (χ0) is 11.3. The summed E-state index contributed by atoms with van der Waals surface area (Å²) in [6.07, 6.45) is 2.00. The van der Waals surface area contributed by atoms with Crippen molar-refractivity contribution in [3.8, 4) is 0 Å². The zero-order valence-electron chi connectivity index (χ0n) is 9.44. The molecule has 0 aliphatic rings. The molecule has 2 atom stereocenters. The van der Waals surface area contributed by atoms with Crippen LogP contribution in [0.3, 0.4) is 0 Å². The average molecular weight is 228 g/mol. The van der Waals surface area contributed by atoms with Crippen molar-refractivity contribution in [3.63, 3.8) is 0 Å². The number of thiophene rings is 1. The van der Waals surface area contributed by atoms with Crippen molar-refractivity contribution in [2.45, 2.75) is 51.7 Å². The van der Waals surface area contributed by atoms with Gasteiger partial charge in [0.2, 0.25) is 0 Å². The van der Waals surface area contributed by atoms with Gasteiger partial charge in [0.05, 0.1) is 12.2 Å². The molecule has 15 heavy (non-hydrogen) atoms. The second kappa shape index (κ2) is 6.26. The summed E-state index contributed by atoms with van der Waals surface area (Å²) in [5.74, 6) is 0. The van der Waals surface area contributed by atoms with Crippen LogP contribution >= 0.6 is 11.3 Å². The van der Waals surface area contributed by atoms with Crippen LogP contribution in [0.4, 0.5) is 0 Å². The average Bonchev–Trinajstić information content (AvgIpc) is 2.66. The molecule has 2 nitrogen and oxygen atoms in total. The maximum atomic E-state index is 9.74. The normalized spacial score (nSPS) is 15.2. The highest BCUT2D eigenvalue weighted by Gasteiger charge is 2.16. The van der Waals surface area contributed by atoms with Gasteiger partial charge >= 0.3 is 0 Å². The van der Waals surface area contributed by atoms with Gasteiger partial charge in [0.1, 0.15) is 0 Å². The number of aliphatic hydroxyl groups excluding tert-OH is 2. The van der Waals surface area contributed by atoms with Gasteiger partial charge in [0.25, 0.3) is 0 Å². The molecular weight excluding hydrogens is 208 g/mol. The van der Waals surface area contributed by atoms with Crippen LogP contribution in [-0.2, 0) is 12.8 Å². The number of rotatable bonds is 6. The van der Waals surface area contributed by atoms with Gasteiger partial charge in [-0.2, -0.15) is 0 Å². The lowest BCUT2D eigenvalue weighted by atomic mass is 10.1. The molecule has 1 aromatic rings. The minimum Gasteiger partial charge on any atom is -0.390 e. The van der Waals surface area contributed by atoms with Crippen LogP contribution in [-0.4, -0.2) is 22.4 Å². The molecule has 0 spiro atoms. The molecular formula is C12H20O2S. The first-order valence-corrected chi connectivity index (χ1v) is 6.42. The Morgan fingerprint density at radius 2 is 1.80 bits per heavy atom. The third kappa shape index (κ3) is 3.93. The summed E-state index contributed by atoms with van der Waals surface area (Å²) < 4.78 is 0. The van der Waals surface area contributed by atoms with Gasteiger partial charge in [0.15, 0.2) is 0 Å². The molecule has 0 bridgehead atoms. The molecule has 0 aromatic carbocycles. The van der Waals surface area contributed by atoms with E-state index in [-0.39, 0.29) is 0 Å². The summed E-state index contributed by atoms with van der Waals surface area (Å²) in [4.78, 5) is 2.50. The predicted molar refractivity (Wildman–Crippen MR) is 64.3 cm³/mol. The summed E-state index contributed by atoms with van der Waals surface area (Å²) in [7, 11) is 0. The Morgan fingerprint density at radius 3 is 2.33 bits per heavy atom. The Kier molecular flexibility index (Phi) is 5.29. The summed E-state index contributed by atoms with van der Waals surface area (Å²) in [5.41, 5.74) is 0. The van der Waals surface area contributed by atoms with Gasteiger partial charge < -0.3 is 10.2 Å². The molecule has 1 rings (SSSR count). The first kappa shape index (κ1) is 12.7. The van der Waals surface area contributed by atoms with Crippen molar-refractivity contribution in [2.75, 3.05) is 0 Å². The number of aryl methyl sites for hydroxylation is 1. The minimum absolute atomic E-state index is 0.575. The molecule has 3 heteroatoms. The van der Waals surface area contributed by atoms with Gasteiger partial charge in [-0.3, -0.25) is 0 Å². The molecule has 0 aliphatic heterocycles. The largest absolute Gasteiger partial charge is 0.390 e. The highest BCUT2D eigenvalue weighted by Crippen LogP contribution is 2.19. The van der Waals surface area contributed by atoms with E-state index >= 15 is 0 Å². The lowest BCUT2D eigenvalue weighted by molar-refractivity contribution is 0.0153. The Balaban J connectivity index is 2.46. The van der Waals surface area contributed by atoms with Crippen molar-refractivity contribution in [2.24, 2.45) is 0 Å². The molecule has 86 valence electrons. The van der Waals surface area contributed by atoms with Gasteiger partial charge in [0, 0.05) is 16.2 Å². The van der Waals surface area contributed by atoms with Crippen molar-refractivity contribution in [3.05, 3.63) is 21.9 Å². The lowest BCUT2D eigenvalue weighted by Crippen LogP contribution is -2.27. The Bertz CT molecular complexity index is 283. The predicted octanol–water partition coefficient (Wildman–Crippen LogP) is 2.37. The Labute approximate surface area is 95.6 Å². The van der Waals surface area contributed by atoms with Crippen molar-refractivity contribution in [1.82, 2.24) is 0 Å². The number of hydrogen-bond acceptors (Lipinski definition) is 3. The summed E-state index contributed by atoms with van der Waals surface area (Å²) in [6, 6.07) is 4.14. The quantitative estimate of drug-likeness (QED) is 0.785. The van der Waals surface area contributed by atoms with Crippen LogP contribution in [0.25, 0.3) is 0 Å². The van der Waals surface area contributed by atoms with Crippen LogP contribution in [0.2, 0.25) is 0 Å². The van der Waals surface area contributed by atoms with E-state index in [1.807, 2.05) is 13.0 Å². The van der Waals surface area contributed by atoms with Crippen molar-refractivity contribution in [1.29, 1.82) is 0 Å². The minimum atomic E-state index is -0.617. The van der Waals surface area contributed by atoms with Gasteiger partial charge in [-0.25, -0.2) is 0 Å². The summed E-state index contributed by atoms with van der Waals surface area (Å²) in [6.45, 7) is 4.13. The Morgan fingerprint density at radius 1 is 1.13 bits per heavy atom. The molecule has 0 fully saturated rings. The van der Waals surface area contributed by atoms with Crippen LogP contribution < -0.4 is 0 Å². The van der Waals surface area contributed by atoms with Crippen LogP contribution in [0.15, 0.2) is 12.1 Å². The highest BCUT2D eigenvalue weighted by atomic mass is 32.1. The van der Waals surface area contributed by atoms with E-state index in [2.05, 4.69) is 13.0 Å². The molecule has 0 radical (unpaired) electrons. The molecule has 0 saturated carbocycles. The molecule has 1 aromatic heterocycles. The fourth-order valence-corrected chi connectivity index (χ4v) is 2.56. The first-order chi connectivity index (χ1) is 7.17. The van der Waals surface area contributed by atoms with Crippen molar-refractivity contribution >= 4 is 11.3 Å². The van der Waals surface area contributed by atoms with E-state index in [1.165, 1.54) is 4.88 Å². The van der Waals surface area contributed by atoms with E-state index in [1.54, 1.807) is 11.3 Å². The van der Waals surface area contributed by atoms with E-state index in [0.717, 1.165) is 17.7 Å².